The normalized spacial score (nSPS) is 16.3. The number of allylic oxidation sites excluding steroid dienone is 1. The Balaban J connectivity index is 2.52. The van der Waals surface area contributed by atoms with Crippen molar-refractivity contribution in [2.24, 2.45) is 0 Å². The molecule has 0 spiro atoms. The van der Waals surface area contributed by atoms with Gasteiger partial charge in [0.25, 0.3) is 0 Å². The third kappa shape index (κ3) is 4.26. The number of hydrogen-bond acceptors (Lipinski definition) is 6. The largest absolute Gasteiger partial charge is 0.493 e. The van der Waals surface area contributed by atoms with Crippen LogP contribution >= 0.6 is 28.1 Å². The van der Waals surface area contributed by atoms with E-state index in [1.807, 2.05) is 6.07 Å². The number of nitriles is 1. The summed E-state index contributed by atoms with van der Waals surface area (Å²) in [5.74, 6) is 0.404. The summed E-state index contributed by atoms with van der Waals surface area (Å²) in [5, 5.41) is 15.2. The van der Waals surface area contributed by atoms with Gasteiger partial charge in [-0.3, -0.25) is 0 Å². The predicted molar refractivity (Wildman–Crippen MR) is 103 cm³/mol. The van der Waals surface area contributed by atoms with E-state index in [9.17, 15) is 4.79 Å². The molecule has 2 rings (SSSR count). The van der Waals surface area contributed by atoms with E-state index in [4.69, 9.17) is 31.7 Å². The molecule has 0 saturated heterocycles. The fraction of sp³-hybridized carbons (Fsp3) is 0.353. The molecule has 1 unspecified atom stereocenters. The molecule has 1 aliphatic rings. The Morgan fingerprint density at radius 2 is 2.19 bits per heavy atom. The maximum Gasteiger partial charge on any atom is 0.338 e. The number of rotatable bonds is 6. The number of benzene rings is 1. The minimum atomic E-state index is -0.516. The number of nitrogens with zero attached hydrogens (tertiary/aromatic N) is 1. The van der Waals surface area contributed by atoms with Crippen LogP contribution in [-0.2, 0) is 9.53 Å². The van der Waals surface area contributed by atoms with E-state index in [1.54, 1.807) is 26.0 Å². The van der Waals surface area contributed by atoms with Crippen LogP contribution in [0.2, 0.25) is 0 Å². The molecule has 0 fully saturated rings. The van der Waals surface area contributed by atoms with Crippen molar-refractivity contribution in [1.29, 1.82) is 5.26 Å². The highest BCUT2D eigenvalue weighted by Gasteiger charge is 2.32. The minimum Gasteiger partial charge on any atom is -0.493 e. The summed E-state index contributed by atoms with van der Waals surface area (Å²) in [6.07, 6.45) is 0. The van der Waals surface area contributed by atoms with Crippen LogP contribution in [-0.4, -0.2) is 31.4 Å². The number of halogens is 1. The average molecular weight is 440 g/mol. The molecule has 1 aromatic carbocycles. The van der Waals surface area contributed by atoms with Crippen molar-refractivity contribution in [3.05, 3.63) is 33.4 Å². The second-order valence-corrected chi connectivity index (χ2v) is 6.53. The Hall–Kier alpha value is -2.31. The van der Waals surface area contributed by atoms with Gasteiger partial charge < -0.3 is 24.8 Å². The highest BCUT2D eigenvalue weighted by molar-refractivity contribution is 9.10. The number of methoxy groups -OCH3 is 1. The van der Waals surface area contributed by atoms with Crippen LogP contribution in [0.25, 0.3) is 0 Å². The van der Waals surface area contributed by atoms with E-state index in [-0.39, 0.29) is 13.2 Å². The van der Waals surface area contributed by atoms with Gasteiger partial charge in [0.2, 0.25) is 0 Å². The first-order valence-corrected chi connectivity index (χ1v) is 8.95. The van der Waals surface area contributed by atoms with Gasteiger partial charge in [0.15, 0.2) is 23.2 Å². The Labute approximate surface area is 165 Å². The lowest BCUT2D eigenvalue weighted by atomic mass is 9.95. The standard InChI is InChI=1S/C17H18BrN3O4S/c1-4-24-16(22)13-9(2)20-17(26)21-14(13)10-7-11(18)15(25-6-5-19)12(8-10)23-3/h7-8,14H,4,6H2,1-3H3,(H2,20,21,26). The van der Waals surface area contributed by atoms with Crippen molar-refractivity contribution in [2.45, 2.75) is 19.9 Å². The van der Waals surface area contributed by atoms with Crippen LogP contribution in [0.1, 0.15) is 25.5 Å². The van der Waals surface area contributed by atoms with E-state index in [2.05, 4.69) is 26.6 Å². The molecule has 1 aromatic rings. The predicted octanol–water partition coefficient (Wildman–Crippen LogP) is 2.72. The summed E-state index contributed by atoms with van der Waals surface area (Å²) in [7, 11) is 1.50. The van der Waals surface area contributed by atoms with Crippen LogP contribution in [0.5, 0.6) is 11.5 Å². The molecule has 9 heteroatoms. The lowest BCUT2D eigenvalue weighted by Gasteiger charge is -2.30. The van der Waals surface area contributed by atoms with Gasteiger partial charge in [-0.05, 0) is 59.7 Å². The number of esters is 1. The molecule has 0 aliphatic carbocycles. The fourth-order valence-electron chi connectivity index (χ4n) is 2.57. The van der Waals surface area contributed by atoms with Crippen molar-refractivity contribution in [1.82, 2.24) is 10.6 Å². The molecule has 1 atom stereocenters. The van der Waals surface area contributed by atoms with Crippen molar-refractivity contribution >= 4 is 39.2 Å². The van der Waals surface area contributed by atoms with Crippen LogP contribution < -0.4 is 20.1 Å². The van der Waals surface area contributed by atoms with E-state index < -0.39 is 12.0 Å². The zero-order valence-corrected chi connectivity index (χ0v) is 16.9. The van der Waals surface area contributed by atoms with Gasteiger partial charge >= 0.3 is 5.97 Å². The summed E-state index contributed by atoms with van der Waals surface area (Å²) in [4.78, 5) is 12.4. The lowest BCUT2D eigenvalue weighted by molar-refractivity contribution is -0.139. The van der Waals surface area contributed by atoms with Crippen molar-refractivity contribution in [2.75, 3.05) is 20.3 Å². The molecule has 1 aliphatic heterocycles. The van der Waals surface area contributed by atoms with Crippen LogP contribution in [0.15, 0.2) is 27.9 Å². The molecule has 0 aromatic heterocycles. The molecule has 1 heterocycles. The lowest BCUT2D eigenvalue weighted by Crippen LogP contribution is -2.45. The Morgan fingerprint density at radius 3 is 2.81 bits per heavy atom. The molecule has 26 heavy (non-hydrogen) atoms. The van der Waals surface area contributed by atoms with Gasteiger partial charge in [0.1, 0.15) is 6.07 Å². The van der Waals surface area contributed by atoms with Gasteiger partial charge in [-0.1, -0.05) is 0 Å². The van der Waals surface area contributed by atoms with Crippen LogP contribution in [0.3, 0.4) is 0 Å². The molecule has 7 nitrogen and oxygen atoms in total. The zero-order valence-electron chi connectivity index (χ0n) is 14.5. The monoisotopic (exact) mass is 439 g/mol. The number of thiocarbonyl (C=S) groups is 1. The SMILES string of the molecule is CCOC(=O)C1=C(C)NC(=S)NC1c1cc(Br)c(OCC#N)c(OC)c1. The fourth-order valence-corrected chi connectivity index (χ4v) is 3.42. The van der Waals surface area contributed by atoms with Gasteiger partial charge in [-0.25, -0.2) is 4.79 Å². The first-order valence-electron chi connectivity index (χ1n) is 7.75. The number of carbonyl (C=O) groups is 1. The number of nitrogens with one attached hydrogen (secondary N) is 2. The molecule has 0 bridgehead atoms. The Morgan fingerprint density at radius 1 is 1.46 bits per heavy atom. The van der Waals surface area contributed by atoms with Gasteiger partial charge in [-0.2, -0.15) is 5.26 Å². The van der Waals surface area contributed by atoms with Gasteiger partial charge in [0, 0.05) is 5.70 Å². The van der Waals surface area contributed by atoms with E-state index in [0.717, 1.165) is 5.56 Å². The van der Waals surface area contributed by atoms with E-state index in [0.29, 0.717) is 32.4 Å². The Bertz CT molecular complexity index is 804. The molecular formula is C17H18BrN3O4S. The van der Waals surface area contributed by atoms with E-state index >= 15 is 0 Å². The second-order valence-electron chi connectivity index (χ2n) is 5.27. The summed E-state index contributed by atoms with van der Waals surface area (Å²) in [6, 6.07) is 4.92. The molecule has 138 valence electrons. The second kappa shape index (κ2) is 8.87. The first kappa shape index (κ1) is 20.0. The van der Waals surface area contributed by atoms with Crippen molar-refractivity contribution in [3.63, 3.8) is 0 Å². The quantitative estimate of drug-likeness (QED) is 0.516. The summed E-state index contributed by atoms with van der Waals surface area (Å²) < 4.78 is 16.6. The number of carbonyl (C=O) groups excluding carboxylic acids is 1. The average Bonchev–Trinajstić information content (AvgIpc) is 2.59. The maximum absolute atomic E-state index is 12.4. The van der Waals surface area contributed by atoms with Gasteiger partial charge in [0.05, 0.1) is 29.8 Å². The molecule has 0 amide bonds. The third-order valence-corrected chi connectivity index (χ3v) is 4.44. The molecule has 0 radical (unpaired) electrons. The molecular weight excluding hydrogens is 422 g/mol. The number of hydrogen-bond donors (Lipinski definition) is 2. The van der Waals surface area contributed by atoms with E-state index in [1.165, 1.54) is 7.11 Å². The zero-order chi connectivity index (χ0) is 19.3. The number of ether oxygens (including phenoxy) is 3. The van der Waals surface area contributed by atoms with Crippen LogP contribution in [0, 0.1) is 11.3 Å². The minimum absolute atomic E-state index is 0.114. The molecule has 0 saturated carbocycles. The molecule has 2 N–H and O–H groups in total. The smallest absolute Gasteiger partial charge is 0.338 e. The summed E-state index contributed by atoms with van der Waals surface area (Å²) >= 11 is 8.66. The summed E-state index contributed by atoms with van der Waals surface area (Å²) in [5.41, 5.74) is 1.78. The maximum atomic E-state index is 12.4. The summed E-state index contributed by atoms with van der Waals surface area (Å²) in [6.45, 7) is 3.67. The third-order valence-electron chi connectivity index (χ3n) is 3.63. The highest BCUT2D eigenvalue weighted by Crippen LogP contribution is 2.40. The topological polar surface area (TPSA) is 92.6 Å². The highest BCUT2D eigenvalue weighted by atomic mass is 79.9. The van der Waals surface area contributed by atoms with Crippen molar-refractivity contribution < 1.29 is 19.0 Å². The van der Waals surface area contributed by atoms with Crippen molar-refractivity contribution in [3.8, 4) is 17.6 Å². The Kier molecular flexibility index (Phi) is 6.83. The van der Waals surface area contributed by atoms with Gasteiger partial charge in [-0.15, -0.1) is 0 Å². The first-order chi connectivity index (χ1) is 12.4. The van der Waals surface area contributed by atoms with Crippen LogP contribution in [0.4, 0.5) is 0 Å².